The Hall–Kier alpha value is -0.0900. The second kappa shape index (κ2) is 5.12. The Morgan fingerprint density at radius 3 is 2.64 bits per heavy atom. The number of rotatable bonds is 5. The van der Waals surface area contributed by atoms with Gasteiger partial charge in [0, 0.05) is 0 Å². The lowest BCUT2D eigenvalue weighted by molar-refractivity contribution is 0.341. The fraction of sp³-hybridized carbons (Fsp3) is 1.00. The minimum absolute atomic E-state index is 0.330. The first kappa shape index (κ1) is 12.0. The lowest BCUT2D eigenvalue weighted by atomic mass is 9.88. The monoisotopic (exact) mass is 219 g/mol. The molecule has 3 nitrogen and oxygen atoms in total. The molecule has 1 fully saturated rings. The van der Waals surface area contributed by atoms with Crippen LogP contribution in [-0.2, 0) is 9.84 Å². The summed E-state index contributed by atoms with van der Waals surface area (Å²) < 4.78 is 22.6. The summed E-state index contributed by atoms with van der Waals surface area (Å²) in [7, 11) is -2.73. The number of sulfone groups is 1. The first-order valence-corrected chi connectivity index (χ1v) is 7.31. The molecule has 1 saturated heterocycles. The Labute approximate surface area is 87.0 Å². The van der Waals surface area contributed by atoms with Crippen LogP contribution in [0.2, 0.25) is 0 Å². The van der Waals surface area contributed by atoms with Crippen molar-refractivity contribution >= 4 is 9.84 Å². The molecule has 0 radical (unpaired) electrons. The predicted octanol–water partition coefficient (Wildman–Crippen LogP) is 1.19. The van der Waals surface area contributed by atoms with Crippen LogP contribution in [-0.4, -0.2) is 26.5 Å². The van der Waals surface area contributed by atoms with Crippen molar-refractivity contribution in [2.75, 3.05) is 18.1 Å². The molecule has 0 aromatic rings. The van der Waals surface area contributed by atoms with Crippen molar-refractivity contribution in [1.29, 1.82) is 0 Å². The standard InChI is InChI=1S/C10H21NO2S/c1-2-3-4-9(7-11)10-5-6-14(12,13)8-10/h9-10H,2-8,11H2,1H3. The predicted molar refractivity (Wildman–Crippen MR) is 58.8 cm³/mol. The molecule has 14 heavy (non-hydrogen) atoms. The van der Waals surface area contributed by atoms with Gasteiger partial charge in [0.1, 0.15) is 0 Å². The highest BCUT2D eigenvalue weighted by Crippen LogP contribution is 2.28. The summed E-state index contributed by atoms with van der Waals surface area (Å²) in [6.07, 6.45) is 4.25. The molecule has 1 rings (SSSR count). The second-order valence-corrected chi connectivity index (χ2v) is 6.53. The maximum Gasteiger partial charge on any atom is 0.150 e. The molecule has 2 N–H and O–H groups in total. The number of hydrogen-bond donors (Lipinski definition) is 1. The van der Waals surface area contributed by atoms with Gasteiger partial charge in [-0.3, -0.25) is 0 Å². The van der Waals surface area contributed by atoms with E-state index in [0.717, 1.165) is 19.3 Å². The molecule has 2 unspecified atom stereocenters. The fourth-order valence-electron chi connectivity index (χ4n) is 2.21. The first-order chi connectivity index (χ1) is 6.59. The lowest BCUT2D eigenvalue weighted by Gasteiger charge is -2.20. The van der Waals surface area contributed by atoms with Crippen LogP contribution in [0.1, 0.15) is 32.6 Å². The molecule has 1 heterocycles. The van der Waals surface area contributed by atoms with Crippen LogP contribution >= 0.6 is 0 Å². The van der Waals surface area contributed by atoms with Gasteiger partial charge in [-0.2, -0.15) is 0 Å². The van der Waals surface area contributed by atoms with Gasteiger partial charge >= 0.3 is 0 Å². The van der Waals surface area contributed by atoms with Crippen molar-refractivity contribution in [2.45, 2.75) is 32.6 Å². The Morgan fingerprint density at radius 1 is 1.50 bits per heavy atom. The van der Waals surface area contributed by atoms with E-state index in [9.17, 15) is 8.42 Å². The van der Waals surface area contributed by atoms with E-state index in [1.54, 1.807) is 0 Å². The summed E-state index contributed by atoms with van der Waals surface area (Å²) in [4.78, 5) is 0. The summed E-state index contributed by atoms with van der Waals surface area (Å²) >= 11 is 0. The van der Waals surface area contributed by atoms with Crippen molar-refractivity contribution in [3.05, 3.63) is 0 Å². The fourth-order valence-corrected chi connectivity index (χ4v) is 4.13. The van der Waals surface area contributed by atoms with Gasteiger partial charge in [-0.25, -0.2) is 8.42 Å². The Balaban J connectivity index is 2.46. The molecule has 1 aliphatic rings. The zero-order valence-corrected chi connectivity index (χ0v) is 9.72. The van der Waals surface area contributed by atoms with Crippen LogP contribution in [0.15, 0.2) is 0 Å². The van der Waals surface area contributed by atoms with Gasteiger partial charge in [0.25, 0.3) is 0 Å². The van der Waals surface area contributed by atoms with E-state index in [-0.39, 0.29) is 0 Å². The van der Waals surface area contributed by atoms with Crippen molar-refractivity contribution in [3.63, 3.8) is 0 Å². The molecule has 0 saturated carbocycles. The molecular formula is C10H21NO2S. The molecule has 4 heteroatoms. The van der Waals surface area contributed by atoms with Crippen LogP contribution in [0.4, 0.5) is 0 Å². The van der Waals surface area contributed by atoms with E-state index in [1.807, 2.05) is 0 Å². The smallest absolute Gasteiger partial charge is 0.150 e. The molecule has 0 aromatic carbocycles. The maximum atomic E-state index is 11.3. The van der Waals surface area contributed by atoms with Crippen LogP contribution in [0.3, 0.4) is 0 Å². The second-order valence-electron chi connectivity index (χ2n) is 4.30. The molecule has 1 aliphatic heterocycles. The number of unbranched alkanes of at least 4 members (excludes halogenated alkanes) is 1. The Kier molecular flexibility index (Phi) is 4.38. The van der Waals surface area contributed by atoms with Crippen molar-refractivity contribution in [1.82, 2.24) is 0 Å². The molecule has 84 valence electrons. The largest absolute Gasteiger partial charge is 0.330 e. The summed E-state index contributed by atoms with van der Waals surface area (Å²) in [6.45, 7) is 2.79. The highest BCUT2D eigenvalue weighted by Gasteiger charge is 2.32. The van der Waals surface area contributed by atoms with Crippen LogP contribution in [0, 0.1) is 11.8 Å². The summed E-state index contributed by atoms with van der Waals surface area (Å²) in [5.41, 5.74) is 5.69. The van der Waals surface area contributed by atoms with Gasteiger partial charge in [-0.15, -0.1) is 0 Å². The third-order valence-corrected chi connectivity index (χ3v) is 4.96. The molecule has 2 atom stereocenters. The third-order valence-electron chi connectivity index (χ3n) is 3.17. The van der Waals surface area contributed by atoms with E-state index in [2.05, 4.69) is 6.92 Å². The SMILES string of the molecule is CCCCC(CN)C1CCS(=O)(=O)C1. The molecule has 0 amide bonds. The third kappa shape index (κ3) is 3.24. The zero-order chi connectivity index (χ0) is 10.6. The van der Waals surface area contributed by atoms with E-state index in [1.165, 1.54) is 6.42 Å². The zero-order valence-electron chi connectivity index (χ0n) is 8.91. The summed E-state index contributed by atoms with van der Waals surface area (Å²) in [5.74, 6) is 1.50. The van der Waals surface area contributed by atoms with Crippen LogP contribution < -0.4 is 5.73 Å². The molecule has 0 bridgehead atoms. The molecule has 0 aromatic heterocycles. The molecule has 0 spiro atoms. The van der Waals surface area contributed by atoms with Crippen LogP contribution in [0.5, 0.6) is 0 Å². The van der Waals surface area contributed by atoms with Gasteiger partial charge in [-0.1, -0.05) is 19.8 Å². The number of nitrogens with two attached hydrogens (primary N) is 1. The van der Waals surface area contributed by atoms with E-state index >= 15 is 0 Å². The average molecular weight is 219 g/mol. The molecule has 0 aliphatic carbocycles. The minimum Gasteiger partial charge on any atom is -0.330 e. The van der Waals surface area contributed by atoms with E-state index in [0.29, 0.717) is 29.9 Å². The highest BCUT2D eigenvalue weighted by atomic mass is 32.2. The van der Waals surface area contributed by atoms with Crippen LogP contribution in [0.25, 0.3) is 0 Å². The van der Waals surface area contributed by atoms with Gasteiger partial charge in [0.15, 0.2) is 9.84 Å². The normalized spacial score (nSPS) is 27.7. The van der Waals surface area contributed by atoms with Crippen molar-refractivity contribution < 1.29 is 8.42 Å². The molecular weight excluding hydrogens is 198 g/mol. The summed E-state index contributed by atoms with van der Waals surface area (Å²) in [5, 5.41) is 0. The first-order valence-electron chi connectivity index (χ1n) is 5.49. The van der Waals surface area contributed by atoms with Gasteiger partial charge in [0.2, 0.25) is 0 Å². The quantitative estimate of drug-likeness (QED) is 0.755. The topological polar surface area (TPSA) is 60.2 Å². The van der Waals surface area contributed by atoms with Gasteiger partial charge in [-0.05, 0) is 31.2 Å². The lowest BCUT2D eigenvalue weighted by Crippen LogP contribution is -2.24. The maximum absolute atomic E-state index is 11.3. The Bertz CT molecular complexity index is 261. The summed E-state index contributed by atoms with van der Waals surface area (Å²) in [6, 6.07) is 0. The van der Waals surface area contributed by atoms with Gasteiger partial charge in [0.05, 0.1) is 11.5 Å². The average Bonchev–Trinajstić information content (AvgIpc) is 2.48. The van der Waals surface area contributed by atoms with E-state index in [4.69, 9.17) is 5.73 Å². The van der Waals surface area contributed by atoms with Gasteiger partial charge < -0.3 is 5.73 Å². The van der Waals surface area contributed by atoms with Crippen molar-refractivity contribution in [3.8, 4) is 0 Å². The highest BCUT2D eigenvalue weighted by molar-refractivity contribution is 7.91. The Morgan fingerprint density at radius 2 is 2.21 bits per heavy atom. The minimum atomic E-state index is -2.73. The number of hydrogen-bond acceptors (Lipinski definition) is 3. The van der Waals surface area contributed by atoms with Crippen molar-refractivity contribution in [2.24, 2.45) is 17.6 Å². The van der Waals surface area contributed by atoms with E-state index < -0.39 is 9.84 Å².